The van der Waals surface area contributed by atoms with Crippen molar-refractivity contribution < 1.29 is 18.0 Å². The molecular weight excluding hydrogens is 390 g/mol. The molecule has 0 unspecified atom stereocenters. The average molecular weight is 418 g/mol. The topological polar surface area (TPSA) is 78.0 Å². The average Bonchev–Trinajstić information content (AvgIpc) is 3.13. The first kappa shape index (κ1) is 20.6. The highest BCUT2D eigenvalue weighted by Crippen LogP contribution is 2.42. The van der Waals surface area contributed by atoms with Crippen molar-refractivity contribution >= 4 is 34.2 Å². The molecule has 0 spiro atoms. The summed E-state index contributed by atoms with van der Waals surface area (Å²) in [5.41, 5.74) is 0.471. The summed E-state index contributed by atoms with van der Waals surface area (Å²) in [5.74, 6) is -0.0971. The minimum Gasteiger partial charge on any atom is -0.329 e. The number of nitrogens with zero attached hydrogens (tertiary/aromatic N) is 3. The third-order valence-corrected chi connectivity index (χ3v) is 7.10. The van der Waals surface area contributed by atoms with Gasteiger partial charge in [-0.3, -0.25) is 9.59 Å². The van der Waals surface area contributed by atoms with E-state index < -0.39 is 27.9 Å². The van der Waals surface area contributed by atoms with Gasteiger partial charge in [-0.2, -0.15) is 0 Å². The number of hydrogen-bond donors (Lipinski definition) is 0. The van der Waals surface area contributed by atoms with E-state index >= 15 is 0 Å². The molecule has 152 valence electrons. The van der Waals surface area contributed by atoms with E-state index in [1.54, 1.807) is 11.0 Å². The van der Waals surface area contributed by atoms with Crippen molar-refractivity contribution in [3.8, 4) is 0 Å². The third kappa shape index (κ3) is 3.51. The van der Waals surface area contributed by atoms with Gasteiger partial charge in [0.1, 0.15) is 0 Å². The molecular formula is C18H28ClN3O4S. The number of hydrogen-bond acceptors (Lipinski definition) is 5. The van der Waals surface area contributed by atoms with Gasteiger partial charge in [0.05, 0.1) is 29.8 Å². The van der Waals surface area contributed by atoms with E-state index in [1.807, 2.05) is 13.8 Å². The molecule has 3 fully saturated rings. The Balaban J connectivity index is 0.00000210. The molecule has 0 bridgehead atoms. The van der Waals surface area contributed by atoms with Gasteiger partial charge in [0.15, 0.2) is 0 Å². The fourth-order valence-electron chi connectivity index (χ4n) is 4.57. The van der Waals surface area contributed by atoms with Crippen LogP contribution >= 0.6 is 12.4 Å². The van der Waals surface area contributed by atoms with Gasteiger partial charge in [-0.15, -0.1) is 12.4 Å². The van der Waals surface area contributed by atoms with Crippen molar-refractivity contribution in [3.63, 3.8) is 0 Å². The Labute approximate surface area is 167 Å². The second kappa shape index (κ2) is 7.04. The number of fused-ring (bicyclic) bond motifs is 1. The number of carbonyl (C=O) groups excluding carboxylic acids is 2. The summed E-state index contributed by atoms with van der Waals surface area (Å²) in [7, 11) is -3.68. The highest BCUT2D eigenvalue weighted by atomic mass is 35.5. The van der Waals surface area contributed by atoms with Crippen LogP contribution in [0.15, 0.2) is 11.8 Å². The standard InChI is InChI=1S/C18H27N3O4S.ClH/c1-11(2)15-16-14(21(18(15)23)26(3,24)25)6-7-20(16)17(22)13-9-19(10-13)8-12-4-5-12;/h6,11-13,15-16H,4-5,7-10H2,1-3H3;1H/t15-,16+;/m1./s1. The molecule has 9 heteroatoms. The zero-order valence-electron chi connectivity index (χ0n) is 16.0. The van der Waals surface area contributed by atoms with E-state index in [4.69, 9.17) is 0 Å². The van der Waals surface area contributed by atoms with Crippen LogP contribution in [0.3, 0.4) is 0 Å². The Morgan fingerprint density at radius 1 is 1.26 bits per heavy atom. The quantitative estimate of drug-likeness (QED) is 0.664. The maximum atomic E-state index is 13.0. The Bertz CT molecular complexity index is 771. The third-order valence-electron chi connectivity index (χ3n) is 6.05. The van der Waals surface area contributed by atoms with Crippen LogP contribution in [0.4, 0.5) is 0 Å². The number of sulfonamides is 1. The summed E-state index contributed by atoms with van der Waals surface area (Å²) < 4.78 is 25.2. The number of carbonyl (C=O) groups is 2. The van der Waals surface area contributed by atoms with Crippen molar-refractivity contribution in [2.24, 2.45) is 23.7 Å². The van der Waals surface area contributed by atoms with E-state index in [1.165, 1.54) is 12.8 Å². The fourth-order valence-corrected chi connectivity index (χ4v) is 5.59. The Morgan fingerprint density at radius 2 is 1.89 bits per heavy atom. The minimum absolute atomic E-state index is 0. The second-order valence-electron chi connectivity index (χ2n) is 8.56. The summed E-state index contributed by atoms with van der Waals surface area (Å²) in [4.78, 5) is 29.9. The van der Waals surface area contributed by atoms with Crippen LogP contribution in [0.2, 0.25) is 0 Å². The van der Waals surface area contributed by atoms with Crippen LogP contribution in [0.1, 0.15) is 26.7 Å². The van der Waals surface area contributed by atoms with Gasteiger partial charge in [0.2, 0.25) is 21.8 Å². The number of amides is 2. The molecule has 2 saturated heterocycles. The molecule has 0 aromatic rings. The zero-order chi connectivity index (χ0) is 18.8. The lowest BCUT2D eigenvalue weighted by molar-refractivity contribution is -0.143. The van der Waals surface area contributed by atoms with Gasteiger partial charge in [0, 0.05) is 26.2 Å². The first-order chi connectivity index (χ1) is 12.2. The first-order valence-electron chi connectivity index (χ1n) is 9.45. The monoisotopic (exact) mass is 417 g/mol. The molecule has 2 amide bonds. The normalized spacial score (nSPS) is 28.9. The molecule has 0 aromatic heterocycles. The first-order valence-corrected chi connectivity index (χ1v) is 11.3. The molecule has 3 heterocycles. The van der Waals surface area contributed by atoms with Crippen LogP contribution < -0.4 is 0 Å². The van der Waals surface area contributed by atoms with Crippen molar-refractivity contribution in [3.05, 3.63) is 11.8 Å². The van der Waals surface area contributed by atoms with Crippen LogP contribution in [-0.2, 0) is 19.6 Å². The van der Waals surface area contributed by atoms with Crippen molar-refractivity contribution in [2.75, 3.05) is 32.4 Å². The zero-order valence-corrected chi connectivity index (χ0v) is 17.6. The summed E-state index contributed by atoms with van der Waals surface area (Å²) in [6, 6.07) is -0.442. The Hall–Kier alpha value is -1.12. The lowest BCUT2D eigenvalue weighted by Crippen LogP contribution is -2.56. The van der Waals surface area contributed by atoms with Crippen LogP contribution in [0.5, 0.6) is 0 Å². The van der Waals surface area contributed by atoms with E-state index in [2.05, 4.69) is 4.90 Å². The minimum atomic E-state index is -3.68. The van der Waals surface area contributed by atoms with Crippen LogP contribution in [-0.4, -0.2) is 72.8 Å². The molecule has 4 aliphatic rings. The molecule has 0 N–H and O–H groups in total. The molecule has 1 aliphatic carbocycles. The SMILES string of the molecule is CC(C)[C@H]1C(=O)N(S(C)(=O)=O)C2=CCN(C(=O)C3CN(CC4CC4)C3)[C@@H]21.Cl. The lowest BCUT2D eigenvalue weighted by atomic mass is 9.88. The van der Waals surface area contributed by atoms with E-state index in [9.17, 15) is 18.0 Å². The van der Waals surface area contributed by atoms with Gasteiger partial charge in [0.25, 0.3) is 0 Å². The van der Waals surface area contributed by atoms with Crippen LogP contribution in [0, 0.1) is 23.7 Å². The van der Waals surface area contributed by atoms with Gasteiger partial charge in [-0.1, -0.05) is 13.8 Å². The maximum Gasteiger partial charge on any atom is 0.246 e. The van der Waals surface area contributed by atoms with Crippen LogP contribution in [0.25, 0.3) is 0 Å². The summed E-state index contributed by atoms with van der Waals surface area (Å²) in [6.45, 7) is 6.86. The van der Waals surface area contributed by atoms with Gasteiger partial charge >= 0.3 is 0 Å². The van der Waals surface area contributed by atoms with Crippen molar-refractivity contribution in [1.29, 1.82) is 0 Å². The Morgan fingerprint density at radius 3 is 2.41 bits per heavy atom. The van der Waals surface area contributed by atoms with Gasteiger partial charge in [-0.25, -0.2) is 12.7 Å². The number of rotatable bonds is 5. The highest BCUT2D eigenvalue weighted by molar-refractivity contribution is 7.89. The Kier molecular flexibility index (Phi) is 5.38. The molecule has 7 nitrogen and oxygen atoms in total. The van der Waals surface area contributed by atoms with E-state index in [-0.39, 0.29) is 30.2 Å². The highest BCUT2D eigenvalue weighted by Gasteiger charge is 2.55. The maximum absolute atomic E-state index is 13.0. The van der Waals surface area contributed by atoms with Gasteiger partial charge < -0.3 is 9.80 Å². The smallest absolute Gasteiger partial charge is 0.246 e. The number of halogens is 1. The van der Waals surface area contributed by atoms with Gasteiger partial charge in [-0.05, 0) is 30.8 Å². The molecule has 1 saturated carbocycles. The van der Waals surface area contributed by atoms with E-state index in [0.717, 1.165) is 36.1 Å². The molecule has 2 atom stereocenters. The summed E-state index contributed by atoms with van der Waals surface area (Å²) >= 11 is 0. The molecule has 27 heavy (non-hydrogen) atoms. The summed E-state index contributed by atoms with van der Waals surface area (Å²) in [6.07, 6.45) is 5.40. The molecule has 3 aliphatic heterocycles. The van der Waals surface area contributed by atoms with E-state index in [0.29, 0.717) is 12.2 Å². The van der Waals surface area contributed by atoms with Crippen molar-refractivity contribution in [1.82, 2.24) is 14.1 Å². The number of likely N-dealkylation sites (tertiary alicyclic amines) is 1. The lowest BCUT2D eigenvalue weighted by Gasteiger charge is -2.41. The molecule has 0 radical (unpaired) electrons. The van der Waals surface area contributed by atoms with Crippen molar-refractivity contribution in [2.45, 2.75) is 32.7 Å². The largest absolute Gasteiger partial charge is 0.329 e. The fraction of sp³-hybridized carbons (Fsp3) is 0.778. The predicted octanol–water partition coefficient (Wildman–Crippen LogP) is 0.919. The second-order valence-corrected chi connectivity index (χ2v) is 10.4. The summed E-state index contributed by atoms with van der Waals surface area (Å²) in [5, 5.41) is 0. The predicted molar refractivity (Wildman–Crippen MR) is 104 cm³/mol. The molecule has 4 rings (SSSR count). The molecule has 0 aromatic carbocycles.